The lowest BCUT2D eigenvalue weighted by Gasteiger charge is -2.09. The van der Waals surface area contributed by atoms with Crippen molar-refractivity contribution in [1.82, 2.24) is 9.55 Å². The fraction of sp³-hybridized carbons (Fsp3) is 0.188. The molecule has 0 radical (unpaired) electrons. The standard InChI is InChI=1S/C16H16N2O/c1-3-18-14-9-5-4-8-13(14)17-16(18)12-7-6-10-15(19)11(12)2/h4-10,19H,3H2,1-2H3. The Bertz CT molecular complexity index is 744. The van der Waals surface area contributed by atoms with Crippen LogP contribution in [0.15, 0.2) is 42.5 Å². The van der Waals surface area contributed by atoms with Gasteiger partial charge in [0.1, 0.15) is 11.6 Å². The van der Waals surface area contributed by atoms with Gasteiger partial charge in [0.25, 0.3) is 0 Å². The summed E-state index contributed by atoms with van der Waals surface area (Å²) >= 11 is 0. The van der Waals surface area contributed by atoms with Crippen LogP contribution in [0.1, 0.15) is 12.5 Å². The van der Waals surface area contributed by atoms with Crippen LogP contribution in [-0.2, 0) is 6.54 Å². The molecule has 0 bridgehead atoms. The largest absolute Gasteiger partial charge is 0.508 e. The molecule has 3 rings (SSSR count). The van der Waals surface area contributed by atoms with Gasteiger partial charge in [0, 0.05) is 17.7 Å². The first-order valence-electron chi connectivity index (χ1n) is 6.46. The zero-order valence-electron chi connectivity index (χ0n) is 11.1. The van der Waals surface area contributed by atoms with E-state index in [1.165, 1.54) is 0 Å². The number of aromatic nitrogens is 2. The first-order chi connectivity index (χ1) is 9.22. The lowest BCUT2D eigenvalue weighted by atomic mass is 10.1. The molecule has 0 saturated heterocycles. The van der Waals surface area contributed by atoms with E-state index in [1.54, 1.807) is 6.07 Å². The van der Waals surface area contributed by atoms with Gasteiger partial charge in [-0.05, 0) is 32.0 Å². The predicted molar refractivity (Wildman–Crippen MR) is 77.2 cm³/mol. The highest BCUT2D eigenvalue weighted by atomic mass is 16.3. The van der Waals surface area contributed by atoms with Crippen LogP contribution in [0.5, 0.6) is 5.75 Å². The summed E-state index contributed by atoms with van der Waals surface area (Å²) in [5.41, 5.74) is 3.97. The van der Waals surface area contributed by atoms with E-state index in [2.05, 4.69) is 17.6 Å². The minimum atomic E-state index is 0.312. The number of nitrogens with zero attached hydrogens (tertiary/aromatic N) is 2. The minimum absolute atomic E-state index is 0.312. The van der Waals surface area contributed by atoms with E-state index in [-0.39, 0.29) is 0 Å². The number of benzene rings is 2. The molecular formula is C16H16N2O. The van der Waals surface area contributed by atoms with Gasteiger partial charge in [-0.3, -0.25) is 0 Å². The fourth-order valence-electron chi connectivity index (χ4n) is 2.47. The van der Waals surface area contributed by atoms with Crippen molar-refractivity contribution in [3.8, 4) is 17.1 Å². The number of hydrogen-bond donors (Lipinski definition) is 1. The van der Waals surface area contributed by atoms with Gasteiger partial charge in [0.2, 0.25) is 0 Å². The van der Waals surface area contributed by atoms with Crippen LogP contribution >= 0.6 is 0 Å². The Labute approximate surface area is 112 Å². The molecule has 3 nitrogen and oxygen atoms in total. The molecule has 1 heterocycles. The van der Waals surface area contributed by atoms with Gasteiger partial charge in [-0.25, -0.2) is 4.98 Å². The third kappa shape index (κ3) is 1.78. The number of hydrogen-bond acceptors (Lipinski definition) is 2. The van der Waals surface area contributed by atoms with Crippen LogP contribution in [-0.4, -0.2) is 14.7 Å². The van der Waals surface area contributed by atoms with Crippen molar-refractivity contribution < 1.29 is 5.11 Å². The third-order valence-electron chi connectivity index (χ3n) is 3.52. The molecule has 3 aromatic rings. The quantitative estimate of drug-likeness (QED) is 0.754. The SMILES string of the molecule is CCn1c(-c2cccc(O)c2C)nc2ccccc21. The lowest BCUT2D eigenvalue weighted by molar-refractivity contribution is 0.471. The Morgan fingerprint density at radius 2 is 1.89 bits per heavy atom. The smallest absolute Gasteiger partial charge is 0.141 e. The van der Waals surface area contributed by atoms with Gasteiger partial charge in [-0.1, -0.05) is 24.3 Å². The second kappa shape index (κ2) is 4.43. The molecule has 0 aliphatic rings. The first-order valence-corrected chi connectivity index (χ1v) is 6.46. The van der Waals surface area contributed by atoms with Crippen molar-refractivity contribution in [1.29, 1.82) is 0 Å². The third-order valence-corrected chi connectivity index (χ3v) is 3.52. The summed E-state index contributed by atoms with van der Waals surface area (Å²) in [6.45, 7) is 4.88. The van der Waals surface area contributed by atoms with E-state index < -0.39 is 0 Å². The van der Waals surface area contributed by atoms with Crippen LogP contribution in [0.25, 0.3) is 22.4 Å². The second-order valence-electron chi connectivity index (χ2n) is 4.62. The molecular weight excluding hydrogens is 236 g/mol. The molecule has 0 fully saturated rings. The highest BCUT2D eigenvalue weighted by molar-refractivity contribution is 5.81. The average Bonchev–Trinajstić information content (AvgIpc) is 2.80. The molecule has 0 atom stereocenters. The number of para-hydroxylation sites is 2. The summed E-state index contributed by atoms with van der Waals surface area (Å²) in [5, 5.41) is 9.86. The van der Waals surface area contributed by atoms with Crippen LogP contribution in [0.3, 0.4) is 0 Å². The predicted octanol–water partition coefficient (Wildman–Crippen LogP) is 3.74. The molecule has 1 aromatic heterocycles. The maximum atomic E-state index is 9.86. The summed E-state index contributed by atoms with van der Waals surface area (Å²) in [6.07, 6.45) is 0. The van der Waals surface area contributed by atoms with Gasteiger partial charge in [0.05, 0.1) is 11.0 Å². The highest BCUT2D eigenvalue weighted by Gasteiger charge is 2.14. The van der Waals surface area contributed by atoms with Crippen LogP contribution < -0.4 is 0 Å². The summed E-state index contributed by atoms with van der Waals surface area (Å²) < 4.78 is 2.18. The Morgan fingerprint density at radius 3 is 2.68 bits per heavy atom. The zero-order valence-corrected chi connectivity index (χ0v) is 11.1. The molecule has 0 aliphatic heterocycles. The molecule has 0 spiro atoms. The Balaban J connectivity index is 2.33. The van der Waals surface area contributed by atoms with Crippen molar-refractivity contribution in [3.05, 3.63) is 48.0 Å². The topological polar surface area (TPSA) is 38.0 Å². The fourth-order valence-corrected chi connectivity index (χ4v) is 2.47. The summed E-state index contributed by atoms with van der Waals surface area (Å²) in [5.74, 6) is 1.23. The van der Waals surface area contributed by atoms with Crippen molar-refractivity contribution in [2.24, 2.45) is 0 Å². The highest BCUT2D eigenvalue weighted by Crippen LogP contribution is 2.30. The molecule has 0 unspecified atom stereocenters. The van der Waals surface area contributed by atoms with Crippen molar-refractivity contribution in [2.75, 3.05) is 0 Å². The minimum Gasteiger partial charge on any atom is -0.508 e. The number of aryl methyl sites for hydroxylation is 1. The van der Waals surface area contributed by atoms with Crippen molar-refractivity contribution in [3.63, 3.8) is 0 Å². The molecule has 0 amide bonds. The number of aromatic hydroxyl groups is 1. The van der Waals surface area contributed by atoms with E-state index >= 15 is 0 Å². The number of phenolic OH excluding ortho intramolecular Hbond substituents is 1. The number of phenols is 1. The molecule has 0 aliphatic carbocycles. The summed E-state index contributed by atoms with van der Waals surface area (Å²) in [4.78, 5) is 4.71. The Morgan fingerprint density at radius 1 is 1.11 bits per heavy atom. The molecule has 96 valence electrons. The summed E-state index contributed by atoms with van der Waals surface area (Å²) in [6, 6.07) is 13.7. The molecule has 3 heteroatoms. The van der Waals surface area contributed by atoms with Gasteiger partial charge >= 0.3 is 0 Å². The van der Waals surface area contributed by atoms with Gasteiger partial charge in [-0.15, -0.1) is 0 Å². The van der Waals surface area contributed by atoms with E-state index in [4.69, 9.17) is 4.98 Å². The first kappa shape index (κ1) is 11.8. The van der Waals surface area contributed by atoms with Gasteiger partial charge < -0.3 is 9.67 Å². The molecule has 1 N–H and O–H groups in total. The Hall–Kier alpha value is -2.29. The van der Waals surface area contributed by atoms with E-state index in [9.17, 15) is 5.11 Å². The number of fused-ring (bicyclic) bond motifs is 1. The zero-order chi connectivity index (χ0) is 13.4. The number of imidazole rings is 1. The van der Waals surface area contributed by atoms with Gasteiger partial charge in [-0.2, -0.15) is 0 Å². The monoisotopic (exact) mass is 252 g/mol. The van der Waals surface area contributed by atoms with Gasteiger partial charge in [0.15, 0.2) is 0 Å². The Kier molecular flexibility index (Phi) is 2.75. The van der Waals surface area contributed by atoms with E-state index in [1.807, 2.05) is 37.3 Å². The van der Waals surface area contributed by atoms with E-state index in [0.29, 0.717) is 5.75 Å². The summed E-state index contributed by atoms with van der Waals surface area (Å²) in [7, 11) is 0. The van der Waals surface area contributed by atoms with Crippen LogP contribution in [0.2, 0.25) is 0 Å². The van der Waals surface area contributed by atoms with Crippen molar-refractivity contribution >= 4 is 11.0 Å². The molecule has 2 aromatic carbocycles. The maximum absolute atomic E-state index is 9.86. The van der Waals surface area contributed by atoms with Crippen molar-refractivity contribution in [2.45, 2.75) is 20.4 Å². The number of rotatable bonds is 2. The normalized spacial score (nSPS) is 11.1. The van der Waals surface area contributed by atoms with Crippen LogP contribution in [0.4, 0.5) is 0 Å². The lowest BCUT2D eigenvalue weighted by Crippen LogP contribution is -1.98. The maximum Gasteiger partial charge on any atom is 0.141 e. The molecule has 19 heavy (non-hydrogen) atoms. The second-order valence-corrected chi connectivity index (χ2v) is 4.62. The van der Waals surface area contributed by atoms with E-state index in [0.717, 1.165) is 34.5 Å². The molecule has 0 saturated carbocycles. The average molecular weight is 252 g/mol. The van der Waals surface area contributed by atoms with Crippen LogP contribution in [0, 0.1) is 6.92 Å².